The third-order valence-corrected chi connectivity index (χ3v) is 5.04. The zero-order chi connectivity index (χ0) is 18.1. The number of pyridine rings is 1. The minimum atomic E-state index is -0.226. The summed E-state index contributed by atoms with van der Waals surface area (Å²) in [7, 11) is 0. The Hall–Kier alpha value is -2.19. The van der Waals surface area contributed by atoms with Crippen LogP contribution in [0.15, 0.2) is 34.1 Å². The van der Waals surface area contributed by atoms with E-state index in [-0.39, 0.29) is 17.5 Å². The van der Waals surface area contributed by atoms with E-state index in [2.05, 4.69) is 10.3 Å². The van der Waals surface area contributed by atoms with Crippen LogP contribution in [0.1, 0.15) is 26.3 Å². The van der Waals surface area contributed by atoms with Crippen LogP contribution in [0.25, 0.3) is 11.7 Å². The van der Waals surface area contributed by atoms with Crippen molar-refractivity contribution >= 4 is 51.7 Å². The average Bonchev–Trinajstić information content (AvgIpc) is 2.84. The van der Waals surface area contributed by atoms with Crippen molar-refractivity contribution in [2.24, 2.45) is 0 Å². The number of carbonyl (C=O) groups excluding carboxylic acids is 1. The first-order valence-electron chi connectivity index (χ1n) is 7.95. The van der Waals surface area contributed by atoms with Crippen LogP contribution in [-0.4, -0.2) is 37.1 Å². The molecule has 3 heterocycles. The van der Waals surface area contributed by atoms with Gasteiger partial charge in [-0.15, -0.1) is 0 Å². The molecule has 0 atom stereocenters. The van der Waals surface area contributed by atoms with E-state index in [1.807, 2.05) is 26.8 Å². The van der Waals surface area contributed by atoms with Gasteiger partial charge >= 0.3 is 0 Å². The highest BCUT2D eigenvalue weighted by molar-refractivity contribution is 8.26. The lowest BCUT2D eigenvalue weighted by Gasteiger charge is -2.13. The van der Waals surface area contributed by atoms with Gasteiger partial charge in [0.05, 0.1) is 10.5 Å². The van der Waals surface area contributed by atoms with Gasteiger partial charge in [0.25, 0.3) is 11.5 Å². The zero-order valence-corrected chi connectivity index (χ0v) is 15.8. The fourth-order valence-electron chi connectivity index (χ4n) is 2.52. The van der Waals surface area contributed by atoms with Crippen molar-refractivity contribution in [3.63, 3.8) is 0 Å². The number of fused-ring (bicyclic) bond motifs is 1. The van der Waals surface area contributed by atoms with Crippen molar-refractivity contribution in [2.45, 2.75) is 26.8 Å². The van der Waals surface area contributed by atoms with Crippen LogP contribution in [0.5, 0.6) is 0 Å². The summed E-state index contributed by atoms with van der Waals surface area (Å²) in [5.74, 6) is 0.290. The van der Waals surface area contributed by atoms with Crippen LogP contribution in [0.3, 0.4) is 0 Å². The van der Waals surface area contributed by atoms with Crippen LogP contribution >= 0.6 is 24.0 Å². The van der Waals surface area contributed by atoms with Crippen LogP contribution in [0.4, 0.5) is 5.82 Å². The molecule has 0 saturated carbocycles. The number of anilines is 1. The second-order valence-corrected chi connectivity index (χ2v) is 7.51. The van der Waals surface area contributed by atoms with Gasteiger partial charge in [-0.05, 0) is 39.0 Å². The quantitative estimate of drug-likeness (QED) is 0.656. The highest BCUT2D eigenvalue weighted by Crippen LogP contribution is 2.32. The largest absolute Gasteiger partial charge is 0.367 e. The number of nitrogens with one attached hydrogen (secondary N) is 1. The molecule has 0 radical (unpaired) electrons. The Morgan fingerprint density at radius 2 is 2.12 bits per heavy atom. The molecule has 1 aliphatic heterocycles. The van der Waals surface area contributed by atoms with Crippen molar-refractivity contribution in [3.05, 3.63) is 45.2 Å². The SMILES string of the molecule is CCN1C(=O)C(=Cc2c(NC(C)C)nc3ccccn3c2=O)SC1=S. The number of hydrogen-bond donors (Lipinski definition) is 1. The molecular weight excluding hydrogens is 356 g/mol. The fraction of sp³-hybridized carbons (Fsp3) is 0.294. The van der Waals surface area contributed by atoms with Gasteiger partial charge in [0.2, 0.25) is 0 Å². The van der Waals surface area contributed by atoms with Gasteiger partial charge in [-0.25, -0.2) is 4.98 Å². The second-order valence-electron chi connectivity index (χ2n) is 5.83. The third-order valence-electron chi connectivity index (χ3n) is 3.66. The van der Waals surface area contributed by atoms with Crippen molar-refractivity contribution in [3.8, 4) is 0 Å². The summed E-state index contributed by atoms with van der Waals surface area (Å²) in [6.07, 6.45) is 3.26. The average molecular weight is 374 g/mol. The molecule has 0 aliphatic carbocycles. The number of nitrogens with zero attached hydrogens (tertiary/aromatic N) is 3. The van der Waals surface area contributed by atoms with E-state index in [4.69, 9.17) is 12.2 Å². The van der Waals surface area contributed by atoms with E-state index in [0.29, 0.717) is 32.8 Å². The number of carbonyl (C=O) groups is 1. The number of aromatic nitrogens is 2. The molecule has 1 aliphatic rings. The summed E-state index contributed by atoms with van der Waals surface area (Å²) >= 11 is 6.44. The van der Waals surface area contributed by atoms with Crippen LogP contribution in [0.2, 0.25) is 0 Å². The van der Waals surface area contributed by atoms with Crippen LogP contribution in [-0.2, 0) is 4.79 Å². The third kappa shape index (κ3) is 3.32. The van der Waals surface area contributed by atoms with Gasteiger partial charge < -0.3 is 5.32 Å². The topological polar surface area (TPSA) is 66.7 Å². The molecule has 3 rings (SSSR count). The summed E-state index contributed by atoms with van der Waals surface area (Å²) in [6, 6.07) is 5.46. The maximum Gasteiger partial charge on any atom is 0.267 e. The lowest BCUT2D eigenvalue weighted by molar-refractivity contribution is -0.121. The molecule has 130 valence electrons. The molecule has 2 aromatic rings. The lowest BCUT2D eigenvalue weighted by atomic mass is 10.2. The van der Waals surface area contributed by atoms with Gasteiger partial charge in [0.15, 0.2) is 0 Å². The second kappa shape index (κ2) is 6.97. The van der Waals surface area contributed by atoms with Crippen molar-refractivity contribution in [2.75, 3.05) is 11.9 Å². The van der Waals surface area contributed by atoms with Crippen LogP contribution < -0.4 is 10.9 Å². The molecule has 1 N–H and O–H groups in total. The predicted octanol–water partition coefficient (Wildman–Crippen LogP) is 2.74. The maximum atomic E-state index is 12.9. The first-order valence-corrected chi connectivity index (χ1v) is 9.18. The maximum absolute atomic E-state index is 12.9. The zero-order valence-electron chi connectivity index (χ0n) is 14.1. The normalized spacial score (nSPS) is 16.5. The highest BCUT2D eigenvalue weighted by atomic mass is 32.2. The summed E-state index contributed by atoms with van der Waals surface area (Å²) in [5.41, 5.74) is 0.679. The fourth-order valence-corrected chi connectivity index (χ4v) is 3.89. The Morgan fingerprint density at radius 3 is 2.76 bits per heavy atom. The minimum Gasteiger partial charge on any atom is -0.367 e. The summed E-state index contributed by atoms with van der Waals surface area (Å²) in [5, 5.41) is 3.20. The smallest absolute Gasteiger partial charge is 0.267 e. The number of hydrogen-bond acceptors (Lipinski definition) is 6. The summed E-state index contributed by atoms with van der Waals surface area (Å²) in [6.45, 7) is 6.31. The van der Waals surface area contributed by atoms with Crippen molar-refractivity contribution in [1.82, 2.24) is 14.3 Å². The van der Waals surface area contributed by atoms with Gasteiger partial charge in [-0.2, -0.15) is 0 Å². The molecular formula is C17H18N4O2S2. The molecule has 0 spiro atoms. The Balaban J connectivity index is 2.19. The van der Waals surface area contributed by atoms with Crippen molar-refractivity contribution < 1.29 is 4.79 Å². The van der Waals surface area contributed by atoms with Gasteiger partial charge in [-0.1, -0.05) is 30.0 Å². The first kappa shape index (κ1) is 17.6. The Morgan fingerprint density at radius 1 is 1.36 bits per heavy atom. The van der Waals surface area contributed by atoms with E-state index in [1.165, 1.54) is 21.1 Å². The summed E-state index contributed by atoms with van der Waals surface area (Å²) in [4.78, 5) is 31.9. The van der Waals surface area contributed by atoms with Gasteiger partial charge in [0.1, 0.15) is 15.8 Å². The Bertz CT molecular complexity index is 949. The Kier molecular flexibility index (Phi) is 4.91. The molecule has 0 unspecified atom stereocenters. The molecule has 1 amide bonds. The monoisotopic (exact) mass is 374 g/mol. The molecule has 25 heavy (non-hydrogen) atoms. The summed E-state index contributed by atoms with van der Waals surface area (Å²) < 4.78 is 1.98. The molecule has 2 aromatic heterocycles. The lowest BCUT2D eigenvalue weighted by Crippen LogP contribution is -2.27. The molecule has 8 heteroatoms. The Labute approximate surface area is 154 Å². The van der Waals surface area contributed by atoms with E-state index in [1.54, 1.807) is 24.4 Å². The standard InChI is InChI=1S/C17H18N4O2S2/c1-4-20-16(23)12(25-17(20)24)9-11-14(18-10(2)3)19-13-7-5-6-8-21(13)15(11)22/h5-10,18H,4H2,1-3H3. The number of rotatable bonds is 4. The van der Waals surface area contributed by atoms with Crippen LogP contribution in [0, 0.1) is 0 Å². The van der Waals surface area contributed by atoms with Gasteiger partial charge in [-0.3, -0.25) is 18.9 Å². The molecule has 1 fully saturated rings. The number of thioether (sulfide) groups is 1. The molecule has 0 bridgehead atoms. The number of amides is 1. The van der Waals surface area contributed by atoms with E-state index in [9.17, 15) is 9.59 Å². The minimum absolute atomic E-state index is 0.0929. The molecule has 1 saturated heterocycles. The van der Waals surface area contributed by atoms with Gasteiger partial charge in [0, 0.05) is 18.8 Å². The van der Waals surface area contributed by atoms with E-state index < -0.39 is 0 Å². The number of likely N-dealkylation sites (N-methyl/N-ethyl adjacent to an activating group) is 1. The number of thiocarbonyl (C=S) groups is 1. The highest BCUT2D eigenvalue weighted by Gasteiger charge is 2.31. The predicted molar refractivity (Wildman–Crippen MR) is 106 cm³/mol. The first-order chi connectivity index (χ1) is 11.9. The van der Waals surface area contributed by atoms with E-state index >= 15 is 0 Å². The molecule has 6 nitrogen and oxygen atoms in total. The van der Waals surface area contributed by atoms with Crippen molar-refractivity contribution in [1.29, 1.82) is 0 Å². The molecule has 0 aromatic carbocycles. The van der Waals surface area contributed by atoms with E-state index in [0.717, 1.165) is 0 Å².